The molecule has 1 fully saturated rings. The number of aromatic nitrogens is 2. The molecule has 0 aliphatic carbocycles. The number of nitrogens with one attached hydrogen (secondary N) is 2. The third kappa shape index (κ3) is 3.74. The van der Waals surface area contributed by atoms with Crippen LogP contribution < -0.4 is 11.1 Å². The smallest absolute Gasteiger partial charge is 0.320 e. The summed E-state index contributed by atoms with van der Waals surface area (Å²) in [6.07, 6.45) is 3.44. The van der Waals surface area contributed by atoms with Crippen molar-refractivity contribution in [3.63, 3.8) is 0 Å². The molecule has 2 aromatic heterocycles. The highest BCUT2D eigenvalue weighted by Gasteiger charge is 2.29. The van der Waals surface area contributed by atoms with Crippen molar-refractivity contribution in [2.24, 2.45) is 0 Å². The van der Waals surface area contributed by atoms with Gasteiger partial charge in [0.15, 0.2) is 0 Å². The van der Waals surface area contributed by atoms with Gasteiger partial charge in [-0.3, -0.25) is 0 Å². The minimum absolute atomic E-state index is 0.0636. The first-order chi connectivity index (χ1) is 15.5. The predicted octanol–water partition coefficient (Wildman–Crippen LogP) is 3.48. The van der Waals surface area contributed by atoms with E-state index in [0.29, 0.717) is 67.2 Å². The molecule has 4 heterocycles. The Balaban J connectivity index is 1.45. The molecule has 0 saturated carbocycles. The molecule has 2 amide bonds. The summed E-state index contributed by atoms with van der Waals surface area (Å²) in [5.41, 5.74) is 8.73. The largest absolute Gasteiger partial charge is 0.398 e. The van der Waals surface area contributed by atoms with Crippen LogP contribution in [0.3, 0.4) is 0 Å². The van der Waals surface area contributed by atoms with Crippen LogP contribution in [-0.2, 0) is 17.7 Å². The van der Waals surface area contributed by atoms with E-state index in [-0.39, 0.29) is 6.03 Å². The molecule has 3 aromatic rings. The number of anilines is 3. The van der Waals surface area contributed by atoms with Gasteiger partial charge in [-0.15, -0.1) is 11.3 Å². The van der Waals surface area contributed by atoms with Gasteiger partial charge in [-0.05, 0) is 24.1 Å². The third-order valence-corrected chi connectivity index (χ3v) is 7.21. The van der Waals surface area contributed by atoms with E-state index < -0.39 is 0 Å². The molecular weight excluding hydrogens is 450 g/mol. The number of hydrogen-bond donors (Lipinski definition) is 3. The third-order valence-electron chi connectivity index (χ3n) is 5.77. The second-order valence-corrected chi connectivity index (χ2v) is 9.18. The topological polar surface area (TPSA) is 120 Å². The number of urea groups is 1. The van der Waals surface area contributed by atoms with Crippen LogP contribution in [0.15, 0.2) is 18.5 Å². The Labute approximate surface area is 193 Å². The molecule has 2 aliphatic rings. The normalized spacial score (nSPS) is 16.2. The summed E-state index contributed by atoms with van der Waals surface area (Å²) in [4.78, 5) is 27.6. The fourth-order valence-corrected chi connectivity index (χ4v) is 5.52. The van der Waals surface area contributed by atoms with E-state index in [0.717, 1.165) is 27.1 Å². The lowest BCUT2D eigenvalue weighted by molar-refractivity contribution is 0.0423. The number of ether oxygens (including phenoxy) is 1. The molecule has 0 spiro atoms. The van der Waals surface area contributed by atoms with Crippen molar-refractivity contribution in [1.82, 2.24) is 19.8 Å². The molecule has 0 radical (unpaired) electrons. The second kappa shape index (κ2) is 8.53. The van der Waals surface area contributed by atoms with Crippen molar-refractivity contribution in [2.45, 2.75) is 13.0 Å². The van der Waals surface area contributed by atoms with Crippen LogP contribution in [0.2, 0.25) is 5.02 Å². The number of thiophene rings is 1. The van der Waals surface area contributed by atoms with Crippen LogP contribution in [0.1, 0.15) is 16.0 Å². The Morgan fingerprint density at radius 2 is 2.06 bits per heavy atom. The van der Waals surface area contributed by atoms with Gasteiger partial charge < -0.3 is 31.0 Å². The molecule has 11 heteroatoms. The molecule has 4 N–H and O–H groups in total. The maximum Gasteiger partial charge on any atom is 0.320 e. The van der Waals surface area contributed by atoms with Gasteiger partial charge in [-0.1, -0.05) is 11.6 Å². The number of morpholine rings is 1. The number of fused-ring (bicyclic) bond motifs is 3. The number of amides is 2. The summed E-state index contributed by atoms with van der Waals surface area (Å²) in [5.74, 6) is 0.656. The Bertz CT molecular complexity index is 1210. The number of halogens is 1. The second-order valence-electron chi connectivity index (χ2n) is 7.69. The minimum atomic E-state index is 0.0636. The molecule has 0 bridgehead atoms. The zero-order chi connectivity index (χ0) is 22.2. The van der Waals surface area contributed by atoms with E-state index in [4.69, 9.17) is 27.5 Å². The zero-order valence-corrected chi connectivity index (χ0v) is 18.8. The number of carbonyl (C=O) groups is 1. The summed E-state index contributed by atoms with van der Waals surface area (Å²) in [7, 11) is 0. The van der Waals surface area contributed by atoms with Crippen molar-refractivity contribution < 1.29 is 9.53 Å². The summed E-state index contributed by atoms with van der Waals surface area (Å²) in [5, 5.41) is 12.3. The van der Waals surface area contributed by atoms with E-state index >= 15 is 0 Å². The first-order valence-electron chi connectivity index (χ1n) is 10.3. The van der Waals surface area contributed by atoms with Crippen LogP contribution >= 0.6 is 22.9 Å². The first-order valence-corrected chi connectivity index (χ1v) is 11.5. The quantitative estimate of drug-likeness (QED) is 0.397. The van der Waals surface area contributed by atoms with Crippen molar-refractivity contribution in [2.75, 3.05) is 43.9 Å². The minimum Gasteiger partial charge on any atom is -0.398 e. The average molecular weight is 472 g/mol. The van der Waals surface area contributed by atoms with E-state index in [2.05, 4.69) is 15.3 Å². The van der Waals surface area contributed by atoms with Crippen LogP contribution in [0.5, 0.6) is 0 Å². The van der Waals surface area contributed by atoms with E-state index in [1.807, 2.05) is 9.80 Å². The summed E-state index contributed by atoms with van der Waals surface area (Å²) in [6, 6.07) is 3.43. The molecule has 0 unspecified atom stereocenters. The van der Waals surface area contributed by atoms with Crippen LogP contribution in [0.25, 0.3) is 10.2 Å². The summed E-state index contributed by atoms with van der Waals surface area (Å²) >= 11 is 7.98. The maximum atomic E-state index is 12.9. The Morgan fingerprint density at radius 1 is 1.25 bits per heavy atom. The van der Waals surface area contributed by atoms with Crippen molar-refractivity contribution in [3.05, 3.63) is 39.5 Å². The highest BCUT2D eigenvalue weighted by Crippen LogP contribution is 2.39. The monoisotopic (exact) mass is 471 g/mol. The van der Waals surface area contributed by atoms with Gasteiger partial charge in [0.1, 0.15) is 17.0 Å². The molecule has 2 aliphatic heterocycles. The first kappa shape index (κ1) is 20.9. The van der Waals surface area contributed by atoms with Gasteiger partial charge in [-0.2, -0.15) is 0 Å². The number of nitrogens with two attached hydrogens (primary N) is 1. The molecule has 5 rings (SSSR count). The van der Waals surface area contributed by atoms with Crippen LogP contribution in [0.4, 0.5) is 22.0 Å². The molecule has 9 nitrogen and oxygen atoms in total. The highest BCUT2D eigenvalue weighted by molar-refractivity contribution is 7.19. The van der Waals surface area contributed by atoms with Crippen molar-refractivity contribution in [1.29, 1.82) is 5.41 Å². The highest BCUT2D eigenvalue weighted by atomic mass is 35.5. The lowest BCUT2D eigenvalue weighted by atomic mass is 10.0. The van der Waals surface area contributed by atoms with Crippen molar-refractivity contribution >= 4 is 62.6 Å². The number of hydrogen-bond acceptors (Lipinski definition) is 8. The van der Waals surface area contributed by atoms with E-state index in [1.54, 1.807) is 23.5 Å². The number of rotatable bonds is 3. The fraction of sp³-hybridized carbons (Fsp3) is 0.333. The van der Waals surface area contributed by atoms with Gasteiger partial charge in [0.2, 0.25) is 0 Å². The Hall–Kier alpha value is -2.95. The lowest BCUT2D eigenvalue weighted by Crippen LogP contribution is -2.49. The molecule has 32 heavy (non-hydrogen) atoms. The van der Waals surface area contributed by atoms with Gasteiger partial charge >= 0.3 is 6.03 Å². The summed E-state index contributed by atoms with van der Waals surface area (Å²) in [6.45, 7) is 3.65. The van der Waals surface area contributed by atoms with E-state index in [9.17, 15) is 4.79 Å². The van der Waals surface area contributed by atoms with Crippen LogP contribution in [0, 0.1) is 5.41 Å². The predicted molar refractivity (Wildman–Crippen MR) is 126 cm³/mol. The zero-order valence-electron chi connectivity index (χ0n) is 17.2. The number of carbonyl (C=O) groups excluding carboxylic acids is 1. The number of nitrogens with zero attached hydrogens (tertiary/aromatic N) is 4. The van der Waals surface area contributed by atoms with Crippen molar-refractivity contribution in [3.8, 4) is 0 Å². The van der Waals surface area contributed by atoms with Gasteiger partial charge in [0, 0.05) is 42.0 Å². The fourth-order valence-electron chi connectivity index (χ4n) is 4.09. The Kier molecular flexibility index (Phi) is 5.58. The standard InChI is InChI=1S/C21H22ClN7O2S/c22-14-8-15(24)12(9-23)7-16(14)27-19-18-13-1-2-29(21(30)28-3-5-31-6-4-28)10-17(13)32-20(18)26-11-25-19/h7-9,11,23H,1-6,10,24H2,(H,25,26,27). The molecular formula is C21H22ClN7O2S. The van der Waals surface area contributed by atoms with Gasteiger partial charge in [-0.25, -0.2) is 14.8 Å². The summed E-state index contributed by atoms with van der Waals surface area (Å²) < 4.78 is 5.36. The molecule has 166 valence electrons. The van der Waals surface area contributed by atoms with Gasteiger partial charge in [0.05, 0.1) is 35.9 Å². The molecule has 1 aromatic carbocycles. The maximum absolute atomic E-state index is 12.9. The number of nitrogen functional groups attached to an aromatic ring is 1. The van der Waals surface area contributed by atoms with Crippen LogP contribution in [-0.4, -0.2) is 64.9 Å². The molecule has 0 atom stereocenters. The van der Waals surface area contributed by atoms with E-state index in [1.165, 1.54) is 12.5 Å². The lowest BCUT2D eigenvalue weighted by Gasteiger charge is -2.34. The Morgan fingerprint density at radius 3 is 2.84 bits per heavy atom. The molecule has 1 saturated heterocycles. The average Bonchev–Trinajstić information content (AvgIpc) is 3.19. The van der Waals surface area contributed by atoms with Gasteiger partial charge in [0.25, 0.3) is 0 Å². The SMILES string of the molecule is N=Cc1cc(Nc2ncnc3sc4c(c23)CCN(C(=O)N2CCOCC2)C4)c(Cl)cc1N. The number of benzene rings is 1.